The number of fused-ring (bicyclic) bond motifs is 2. The van der Waals surface area contributed by atoms with Crippen LogP contribution in [0.5, 0.6) is 23.0 Å². The summed E-state index contributed by atoms with van der Waals surface area (Å²) in [5.41, 5.74) is 0.762. The lowest BCUT2D eigenvalue weighted by Gasteiger charge is -2.12. The van der Waals surface area contributed by atoms with E-state index in [9.17, 15) is 4.79 Å². The van der Waals surface area contributed by atoms with Gasteiger partial charge in [0, 0.05) is 11.6 Å². The Morgan fingerprint density at radius 2 is 1.75 bits per heavy atom. The van der Waals surface area contributed by atoms with E-state index >= 15 is 0 Å². The van der Waals surface area contributed by atoms with Crippen LogP contribution in [-0.2, 0) is 0 Å². The van der Waals surface area contributed by atoms with Gasteiger partial charge in [0.25, 0.3) is 0 Å². The highest BCUT2D eigenvalue weighted by Crippen LogP contribution is 2.46. The molecule has 0 saturated carbocycles. The maximum atomic E-state index is 13.0. The highest BCUT2D eigenvalue weighted by molar-refractivity contribution is 5.92. The van der Waals surface area contributed by atoms with Crippen LogP contribution in [0.15, 0.2) is 45.6 Å². The molecule has 3 aromatic rings. The molecule has 2 aromatic carbocycles. The van der Waals surface area contributed by atoms with Crippen molar-refractivity contribution in [2.75, 3.05) is 21.0 Å². The molecule has 0 aliphatic carbocycles. The molecular weight excluding hydrogens is 312 g/mol. The fraction of sp³-hybridized carbons (Fsp3) is 0.167. The molecule has 0 atom stereocenters. The van der Waals surface area contributed by atoms with Crippen LogP contribution >= 0.6 is 0 Å². The van der Waals surface area contributed by atoms with E-state index in [4.69, 9.17) is 23.4 Å². The second-order valence-electron chi connectivity index (χ2n) is 5.18. The van der Waals surface area contributed by atoms with Gasteiger partial charge in [0.15, 0.2) is 17.3 Å². The predicted molar refractivity (Wildman–Crippen MR) is 87.1 cm³/mol. The smallest absolute Gasteiger partial charge is 0.239 e. The summed E-state index contributed by atoms with van der Waals surface area (Å²) < 4.78 is 27.5. The zero-order valence-corrected chi connectivity index (χ0v) is 13.1. The number of rotatable bonds is 3. The van der Waals surface area contributed by atoms with Gasteiger partial charge in [-0.1, -0.05) is 30.3 Å². The molecule has 1 aliphatic heterocycles. The van der Waals surface area contributed by atoms with Crippen LogP contribution < -0.4 is 24.4 Å². The minimum absolute atomic E-state index is 0.0683. The number of ether oxygens (including phenoxy) is 4. The van der Waals surface area contributed by atoms with Gasteiger partial charge in [0.1, 0.15) is 11.0 Å². The van der Waals surface area contributed by atoms with E-state index < -0.39 is 0 Å². The van der Waals surface area contributed by atoms with E-state index in [1.54, 1.807) is 6.07 Å². The number of benzene rings is 2. The summed E-state index contributed by atoms with van der Waals surface area (Å²) in [5, 5.41) is 0.262. The summed E-state index contributed by atoms with van der Waals surface area (Å²) in [6.45, 7) is 0.0683. The van der Waals surface area contributed by atoms with E-state index in [2.05, 4.69) is 0 Å². The molecule has 0 spiro atoms. The van der Waals surface area contributed by atoms with Gasteiger partial charge in [-0.05, 0) is 0 Å². The fourth-order valence-electron chi connectivity index (χ4n) is 2.82. The lowest BCUT2D eigenvalue weighted by atomic mass is 10.1. The number of hydrogen-bond acceptors (Lipinski definition) is 6. The zero-order valence-electron chi connectivity index (χ0n) is 13.1. The van der Waals surface area contributed by atoms with Crippen molar-refractivity contribution in [1.82, 2.24) is 0 Å². The molecule has 4 rings (SSSR count). The van der Waals surface area contributed by atoms with Crippen LogP contribution in [0, 0.1) is 0 Å². The molecule has 0 saturated heterocycles. The Kier molecular flexibility index (Phi) is 3.30. The van der Waals surface area contributed by atoms with Crippen molar-refractivity contribution in [3.8, 4) is 34.3 Å². The zero-order chi connectivity index (χ0) is 16.7. The van der Waals surface area contributed by atoms with E-state index in [0.29, 0.717) is 22.8 Å². The van der Waals surface area contributed by atoms with Crippen molar-refractivity contribution in [2.45, 2.75) is 0 Å². The van der Waals surface area contributed by atoms with Crippen LogP contribution in [0.25, 0.3) is 22.3 Å². The second kappa shape index (κ2) is 5.49. The maximum Gasteiger partial charge on any atom is 0.239 e. The largest absolute Gasteiger partial charge is 0.492 e. The molecule has 122 valence electrons. The molecule has 0 N–H and O–H groups in total. The molecule has 24 heavy (non-hydrogen) atoms. The Labute approximate surface area is 137 Å². The molecule has 0 radical (unpaired) electrons. The van der Waals surface area contributed by atoms with Crippen molar-refractivity contribution >= 4 is 11.0 Å². The number of hydrogen-bond donors (Lipinski definition) is 0. The van der Waals surface area contributed by atoms with Crippen molar-refractivity contribution in [3.63, 3.8) is 0 Å². The Bertz CT molecular complexity index is 974. The molecule has 6 nitrogen and oxygen atoms in total. The summed E-state index contributed by atoms with van der Waals surface area (Å²) in [6.07, 6.45) is 0. The summed E-state index contributed by atoms with van der Waals surface area (Å²) in [5.74, 6) is 1.63. The van der Waals surface area contributed by atoms with Gasteiger partial charge >= 0.3 is 0 Å². The quantitative estimate of drug-likeness (QED) is 0.736. The van der Waals surface area contributed by atoms with Gasteiger partial charge in [-0.3, -0.25) is 4.79 Å². The summed E-state index contributed by atoms with van der Waals surface area (Å²) >= 11 is 0. The first-order valence-electron chi connectivity index (χ1n) is 7.31. The first-order valence-corrected chi connectivity index (χ1v) is 7.31. The summed E-state index contributed by atoms with van der Waals surface area (Å²) in [6, 6.07) is 10.9. The van der Waals surface area contributed by atoms with Crippen LogP contribution in [0.3, 0.4) is 0 Å². The molecular formula is C18H14O6. The lowest BCUT2D eigenvalue weighted by molar-refractivity contribution is 0.171. The van der Waals surface area contributed by atoms with Crippen molar-refractivity contribution in [1.29, 1.82) is 0 Å². The van der Waals surface area contributed by atoms with E-state index in [1.807, 2.05) is 30.3 Å². The van der Waals surface area contributed by atoms with Crippen LogP contribution in [0.1, 0.15) is 0 Å². The maximum absolute atomic E-state index is 13.0. The van der Waals surface area contributed by atoms with Crippen LogP contribution in [-0.4, -0.2) is 21.0 Å². The Hall–Kier alpha value is -3.15. The third-order valence-corrected chi connectivity index (χ3v) is 3.88. The highest BCUT2D eigenvalue weighted by atomic mass is 16.7. The van der Waals surface area contributed by atoms with Gasteiger partial charge < -0.3 is 23.4 Å². The fourth-order valence-corrected chi connectivity index (χ4v) is 2.82. The predicted octanol–water partition coefficient (Wildman–Crippen LogP) is 3.21. The first kappa shape index (κ1) is 14.4. The molecule has 1 aromatic heterocycles. The van der Waals surface area contributed by atoms with Crippen molar-refractivity contribution in [3.05, 3.63) is 46.6 Å². The minimum atomic E-state index is -0.326. The van der Waals surface area contributed by atoms with Gasteiger partial charge in [-0.15, -0.1) is 0 Å². The highest BCUT2D eigenvalue weighted by Gasteiger charge is 2.27. The molecule has 2 heterocycles. The van der Waals surface area contributed by atoms with Crippen LogP contribution in [0.4, 0.5) is 0 Å². The normalized spacial score (nSPS) is 12.4. The Balaban J connectivity index is 2.11. The monoisotopic (exact) mass is 326 g/mol. The minimum Gasteiger partial charge on any atom is -0.492 e. The second-order valence-corrected chi connectivity index (χ2v) is 5.18. The van der Waals surface area contributed by atoms with E-state index in [1.165, 1.54) is 14.2 Å². The Morgan fingerprint density at radius 1 is 1.00 bits per heavy atom. The van der Waals surface area contributed by atoms with Crippen molar-refractivity contribution in [2.24, 2.45) is 0 Å². The number of methoxy groups -OCH3 is 2. The lowest BCUT2D eigenvalue weighted by Crippen LogP contribution is -2.09. The molecule has 0 fully saturated rings. The molecule has 0 unspecified atom stereocenters. The van der Waals surface area contributed by atoms with Gasteiger partial charge in [0.2, 0.25) is 23.7 Å². The molecule has 1 aliphatic rings. The molecule has 0 amide bonds. The summed E-state index contributed by atoms with van der Waals surface area (Å²) in [7, 11) is 2.90. The standard InChI is InChI=1S/C18H14O6/c1-20-17-13-11(8-12-16(17)23-9-22-12)24-15(18(21-2)14(13)19)10-6-4-3-5-7-10/h3-8H,9H2,1-2H3. The first-order chi connectivity index (χ1) is 11.7. The average molecular weight is 326 g/mol. The Morgan fingerprint density at radius 3 is 2.46 bits per heavy atom. The van der Waals surface area contributed by atoms with Gasteiger partial charge in [0.05, 0.1) is 14.2 Å². The van der Waals surface area contributed by atoms with Crippen molar-refractivity contribution < 1.29 is 23.4 Å². The topological polar surface area (TPSA) is 67.1 Å². The van der Waals surface area contributed by atoms with E-state index in [0.717, 1.165) is 5.56 Å². The van der Waals surface area contributed by atoms with Gasteiger partial charge in [-0.2, -0.15) is 0 Å². The summed E-state index contributed by atoms with van der Waals surface area (Å²) in [4.78, 5) is 13.0. The molecule has 0 bridgehead atoms. The van der Waals surface area contributed by atoms with Gasteiger partial charge in [-0.25, -0.2) is 0 Å². The SMILES string of the molecule is COc1c(-c2ccccc2)oc2cc3c(c(OC)c2c1=O)OCO3. The third-order valence-electron chi connectivity index (χ3n) is 3.88. The average Bonchev–Trinajstić information content (AvgIpc) is 3.08. The van der Waals surface area contributed by atoms with E-state index in [-0.39, 0.29) is 29.1 Å². The van der Waals surface area contributed by atoms with Crippen LogP contribution in [0.2, 0.25) is 0 Å². The molecule has 6 heteroatoms. The third kappa shape index (κ3) is 2.00.